The molecule has 1 aromatic carbocycles. The predicted molar refractivity (Wildman–Crippen MR) is 114 cm³/mol. The van der Waals surface area contributed by atoms with E-state index in [0.717, 1.165) is 17.9 Å². The van der Waals surface area contributed by atoms with Crippen molar-refractivity contribution in [2.24, 2.45) is 0 Å². The smallest absolute Gasteiger partial charge is 0.243 e. The highest BCUT2D eigenvalue weighted by Gasteiger charge is 2.23. The first kappa shape index (κ1) is 21.3. The first-order chi connectivity index (χ1) is 14.0. The third-order valence-corrected chi connectivity index (χ3v) is 7.41. The fourth-order valence-corrected chi connectivity index (χ4v) is 5.20. The van der Waals surface area contributed by atoms with Gasteiger partial charge in [-0.1, -0.05) is 43.8 Å². The minimum absolute atomic E-state index is 0.214. The van der Waals surface area contributed by atoms with E-state index >= 15 is 0 Å². The molecule has 3 rings (SSSR count). The number of hydrogen-bond donors (Lipinski definition) is 1. The number of hydrogen-bond acceptors (Lipinski definition) is 7. The highest BCUT2D eigenvalue weighted by atomic mass is 32.2. The summed E-state index contributed by atoms with van der Waals surface area (Å²) in [5.41, 5.74) is 1.60. The van der Waals surface area contributed by atoms with Crippen LogP contribution in [0.25, 0.3) is 11.4 Å². The molecule has 2 heterocycles. The average molecular weight is 433 g/mol. The number of thioether (sulfide) groups is 1. The number of nitrogens with zero attached hydrogens (tertiary/aromatic N) is 5. The molecule has 0 atom stereocenters. The maximum atomic E-state index is 12.8. The van der Waals surface area contributed by atoms with E-state index in [1.807, 2.05) is 32.0 Å². The van der Waals surface area contributed by atoms with Crippen LogP contribution in [0.4, 0.5) is 0 Å². The van der Waals surface area contributed by atoms with Crippen LogP contribution < -0.4 is 5.84 Å². The topological polar surface area (TPSA) is 107 Å². The summed E-state index contributed by atoms with van der Waals surface area (Å²) in [6.45, 7) is 4.45. The van der Waals surface area contributed by atoms with Gasteiger partial charge < -0.3 is 5.84 Å². The Balaban J connectivity index is 1.78. The molecule has 0 aliphatic carbocycles. The van der Waals surface area contributed by atoms with E-state index in [-0.39, 0.29) is 4.90 Å². The van der Waals surface area contributed by atoms with Crippen molar-refractivity contribution in [3.63, 3.8) is 0 Å². The van der Waals surface area contributed by atoms with E-state index in [9.17, 15) is 8.42 Å². The third kappa shape index (κ3) is 4.77. The molecule has 0 aliphatic rings. The number of aryl methyl sites for hydroxylation is 1. The second-order valence-electron chi connectivity index (χ2n) is 6.21. The summed E-state index contributed by atoms with van der Waals surface area (Å²) in [6.07, 6.45) is 2.55. The van der Waals surface area contributed by atoms with Crippen LogP contribution in [0, 0.1) is 0 Å². The molecule has 0 saturated heterocycles. The molecule has 0 radical (unpaired) electrons. The molecule has 29 heavy (non-hydrogen) atoms. The average Bonchev–Trinajstić information content (AvgIpc) is 3.10. The number of nitrogens with two attached hydrogens (primary N) is 1. The number of aromatic nitrogens is 4. The summed E-state index contributed by atoms with van der Waals surface area (Å²) in [7, 11) is -3.56. The number of pyridine rings is 1. The molecule has 0 unspecified atom stereocenters. The monoisotopic (exact) mass is 432 g/mol. The van der Waals surface area contributed by atoms with Gasteiger partial charge >= 0.3 is 0 Å². The van der Waals surface area contributed by atoms with Crippen molar-refractivity contribution < 1.29 is 8.42 Å². The van der Waals surface area contributed by atoms with Gasteiger partial charge in [-0.25, -0.2) is 13.1 Å². The van der Waals surface area contributed by atoms with Crippen molar-refractivity contribution in [1.29, 1.82) is 0 Å². The lowest BCUT2D eigenvalue weighted by molar-refractivity contribution is 0.445. The molecule has 10 heteroatoms. The fraction of sp³-hybridized carbons (Fsp3) is 0.316. The molecule has 0 aliphatic heterocycles. The standard InChI is InChI=1S/C19H24N6O2S2/c1-3-24(4-2)29(26,27)17-10-7-8-15(14-17)18-22-23-19(25(18)20)28-13-11-16-9-5-6-12-21-16/h5-10,12,14H,3-4,11,13,20H2,1-2H3. The van der Waals surface area contributed by atoms with Crippen LogP contribution in [0.1, 0.15) is 19.5 Å². The zero-order chi connectivity index (χ0) is 20.9. The molecule has 0 spiro atoms. The van der Waals surface area contributed by atoms with Gasteiger partial charge in [-0.2, -0.15) is 4.31 Å². The first-order valence-corrected chi connectivity index (χ1v) is 11.7. The predicted octanol–water partition coefficient (Wildman–Crippen LogP) is 2.42. The van der Waals surface area contributed by atoms with Gasteiger partial charge in [-0.15, -0.1) is 10.2 Å². The summed E-state index contributed by atoms with van der Waals surface area (Å²) in [5, 5.41) is 8.88. The van der Waals surface area contributed by atoms with Crippen molar-refractivity contribution >= 4 is 21.8 Å². The minimum Gasteiger partial charge on any atom is -0.335 e. The van der Waals surface area contributed by atoms with Crippen LogP contribution in [-0.4, -0.2) is 51.4 Å². The highest BCUT2D eigenvalue weighted by Crippen LogP contribution is 2.25. The lowest BCUT2D eigenvalue weighted by Gasteiger charge is -2.18. The van der Waals surface area contributed by atoms with Gasteiger partial charge in [-0.05, 0) is 30.7 Å². The molecule has 3 aromatic rings. The summed E-state index contributed by atoms with van der Waals surface area (Å²) in [5.74, 6) is 7.35. The van der Waals surface area contributed by atoms with Crippen molar-refractivity contribution in [3.05, 3.63) is 54.4 Å². The molecule has 154 valence electrons. The van der Waals surface area contributed by atoms with Gasteiger partial charge in [0.2, 0.25) is 15.2 Å². The van der Waals surface area contributed by atoms with Crippen LogP contribution in [0.5, 0.6) is 0 Å². The van der Waals surface area contributed by atoms with E-state index < -0.39 is 10.0 Å². The van der Waals surface area contributed by atoms with Gasteiger partial charge in [0.1, 0.15) is 0 Å². The molecule has 0 bridgehead atoms. The Morgan fingerprint density at radius 2 is 1.90 bits per heavy atom. The molecule has 2 N–H and O–H groups in total. The summed E-state index contributed by atoms with van der Waals surface area (Å²) in [6, 6.07) is 12.4. The molecule has 2 aromatic heterocycles. The number of benzene rings is 1. The van der Waals surface area contributed by atoms with Crippen LogP contribution >= 0.6 is 11.8 Å². The Bertz CT molecular complexity index is 1050. The van der Waals surface area contributed by atoms with E-state index in [2.05, 4.69) is 15.2 Å². The van der Waals surface area contributed by atoms with Gasteiger partial charge in [0, 0.05) is 36.3 Å². The van der Waals surface area contributed by atoms with Gasteiger partial charge in [0.15, 0.2) is 5.82 Å². The Kier molecular flexibility index (Phi) is 6.88. The van der Waals surface area contributed by atoms with Gasteiger partial charge in [0.05, 0.1) is 4.90 Å². The van der Waals surface area contributed by atoms with E-state index in [4.69, 9.17) is 5.84 Å². The Morgan fingerprint density at radius 1 is 1.10 bits per heavy atom. The maximum Gasteiger partial charge on any atom is 0.243 e. The number of sulfonamides is 1. The van der Waals surface area contributed by atoms with Crippen LogP contribution in [0.15, 0.2) is 58.7 Å². The third-order valence-electron chi connectivity index (χ3n) is 4.42. The Labute approximate surface area is 175 Å². The molecular weight excluding hydrogens is 408 g/mol. The maximum absolute atomic E-state index is 12.8. The fourth-order valence-electron chi connectivity index (χ4n) is 2.87. The van der Waals surface area contributed by atoms with Crippen LogP contribution in [0.2, 0.25) is 0 Å². The van der Waals surface area contributed by atoms with Gasteiger partial charge in [0.25, 0.3) is 0 Å². The quantitative estimate of drug-likeness (QED) is 0.409. The Hall–Kier alpha value is -2.43. The summed E-state index contributed by atoms with van der Waals surface area (Å²) >= 11 is 1.48. The van der Waals surface area contributed by atoms with E-state index in [1.165, 1.54) is 20.7 Å². The van der Waals surface area contributed by atoms with Crippen molar-refractivity contribution in [3.8, 4) is 11.4 Å². The van der Waals surface area contributed by atoms with Crippen molar-refractivity contribution in [1.82, 2.24) is 24.2 Å². The number of rotatable bonds is 9. The van der Waals surface area contributed by atoms with Crippen LogP contribution in [0.3, 0.4) is 0 Å². The second-order valence-corrected chi connectivity index (χ2v) is 9.21. The lowest BCUT2D eigenvalue weighted by atomic mass is 10.2. The molecular formula is C19H24N6O2S2. The lowest BCUT2D eigenvalue weighted by Crippen LogP contribution is -2.30. The second kappa shape index (κ2) is 9.38. The molecule has 0 saturated carbocycles. The first-order valence-electron chi connectivity index (χ1n) is 9.31. The largest absolute Gasteiger partial charge is 0.335 e. The number of nitrogen functional groups attached to an aromatic ring is 1. The zero-order valence-corrected chi connectivity index (χ0v) is 18.0. The minimum atomic E-state index is -3.56. The Morgan fingerprint density at radius 3 is 2.59 bits per heavy atom. The summed E-state index contributed by atoms with van der Waals surface area (Å²) in [4.78, 5) is 4.51. The highest BCUT2D eigenvalue weighted by molar-refractivity contribution is 7.99. The van der Waals surface area contributed by atoms with E-state index in [1.54, 1.807) is 30.5 Å². The van der Waals surface area contributed by atoms with E-state index in [0.29, 0.717) is 29.6 Å². The SMILES string of the molecule is CCN(CC)S(=O)(=O)c1cccc(-c2nnc(SCCc3ccccn3)n2N)c1. The van der Waals surface area contributed by atoms with Crippen molar-refractivity contribution in [2.45, 2.75) is 30.3 Å². The zero-order valence-electron chi connectivity index (χ0n) is 16.4. The van der Waals surface area contributed by atoms with Crippen molar-refractivity contribution in [2.75, 3.05) is 24.7 Å². The molecule has 8 nitrogen and oxygen atoms in total. The van der Waals surface area contributed by atoms with Gasteiger partial charge in [-0.3, -0.25) is 4.98 Å². The molecule has 0 amide bonds. The summed E-state index contributed by atoms with van der Waals surface area (Å²) < 4.78 is 28.4. The molecule has 0 fully saturated rings. The van der Waals surface area contributed by atoms with Crippen LogP contribution in [-0.2, 0) is 16.4 Å². The normalized spacial score (nSPS) is 11.8.